The van der Waals surface area contributed by atoms with Crippen LogP contribution in [0.4, 0.5) is 0 Å². The lowest BCUT2D eigenvalue weighted by Gasteiger charge is -2.21. The van der Waals surface area contributed by atoms with E-state index in [-0.39, 0.29) is 11.5 Å². The fourth-order valence-corrected chi connectivity index (χ4v) is 4.85. The molecule has 1 amide bonds. The summed E-state index contributed by atoms with van der Waals surface area (Å²) >= 11 is 7.73. The third kappa shape index (κ3) is 6.14. The van der Waals surface area contributed by atoms with E-state index in [9.17, 15) is 9.59 Å². The fourth-order valence-electron chi connectivity index (χ4n) is 3.65. The van der Waals surface area contributed by atoms with Crippen LogP contribution in [-0.2, 0) is 4.79 Å². The monoisotopic (exact) mass is 471 g/mol. The van der Waals surface area contributed by atoms with Crippen molar-refractivity contribution in [2.24, 2.45) is 0 Å². The molecule has 3 rings (SSSR count). The second kappa shape index (κ2) is 12.1. The molecule has 0 radical (unpaired) electrons. The molecule has 0 aliphatic rings. The van der Waals surface area contributed by atoms with E-state index in [2.05, 4.69) is 13.8 Å². The van der Waals surface area contributed by atoms with Crippen LogP contribution >= 0.6 is 23.4 Å². The Morgan fingerprint density at radius 2 is 1.81 bits per heavy atom. The predicted molar refractivity (Wildman–Crippen MR) is 134 cm³/mol. The molecule has 0 unspecified atom stereocenters. The smallest absolute Gasteiger partial charge is 0.266 e. The number of hydrogen-bond acceptors (Lipinski definition) is 4. The molecule has 1 aromatic heterocycles. The summed E-state index contributed by atoms with van der Waals surface area (Å²) in [6.45, 7) is 5.86. The summed E-state index contributed by atoms with van der Waals surface area (Å²) in [4.78, 5) is 32.4. The third-order valence-electron chi connectivity index (χ3n) is 5.17. The van der Waals surface area contributed by atoms with E-state index in [4.69, 9.17) is 16.6 Å². The topological polar surface area (TPSA) is 55.2 Å². The number of aromatic nitrogens is 2. The largest absolute Gasteiger partial charge is 0.343 e. The average Bonchev–Trinajstić information content (AvgIpc) is 2.78. The molecular formula is C25H30ClN3O2S. The third-order valence-corrected chi connectivity index (χ3v) is 6.43. The van der Waals surface area contributed by atoms with E-state index in [0.717, 1.165) is 44.5 Å². The van der Waals surface area contributed by atoms with Crippen molar-refractivity contribution in [2.75, 3.05) is 18.8 Å². The zero-order valence-electron chi connectivity index (χ0n) is 18.7. The average molecular weight is 472 g/mol. The first kappa shape index (κ1) is 24.3. The first-order chi connectivity index (χ1) is 15.5. The highest BCUT2D eigenvalue weighted by Gasteiger charge is 2.14. The van der Waals surface area contributed by atoms with Gasteiger partial charge in [-0.2, -0.15) is 0 Å². The number of amides is 1. The zero-order valence-corrected chi connectivity index (χ0v) is 20.3. The molecule has 0 atom stereocenters. The van der Waals surface area contributed by atoms with E-state index < -0.39 is 0 Å². The summed E-state index contributed by atoms with van der Waals surface area (Å²) < 4.78 is 1.63. The van der Waals surface area contributed by atoms with Crippen LogP contribution in [0.5, 0.6) is 0 Å². The SMILES string of the molecule is CCCN(CCC)C(=O)CCCCSc1nc2ccccc2c(=O)n1-c1cccc(Cl)c1. The number of hydrogen-bond donors (Lipinski definition) is 0. The first-order valence-corrected chi connectivity index (χ1v) is 12.6. The number of fused-ring (bicyclic) bond motifs is 1. The Bertz CT molecular complexity index is 1110. The molecule has 1 heterocycles. The van der Waals surface area contributed by atoms with Crippen LogP contribution in [-0.4, -0.2) is 39.2 Å². The van der Waals surface area contributed by atoms with Crippen molar-refractivity contribution in [3.8, 4) is 5.69 Å². The fraction of sp³-hybridized carbons (Fsp3) is 0.400. The second-order valence-corrected chi connectivity index (χ2v) is 9.22. The number of thioether (sulfide) groups is 1. The van der Waals surface area contributed by atoms with Gasteiger partial charge in [0.2, 0.25) is 5.91 Å². The van der Waals surface area contributed by atoms with Gasteiger partial charge in [-0.25, -0.2) is 4.98 Å². The summed E-state index contributed by atoms with van der Waals surface area (Å²) in [7, 11) is 0. The molecule has 0 saturated heterocycles. The maximum atomic E-state index is 13.3. The van der Waals surface area contributed by atoms with Gasteiger partial charge in [0, 0.05) is 30.3 Å². The molecule has 2 aromatic carbocycles. The molecule has 0 aliphatic heterocycles. The van der Waals surface area contributed by atoms with E-state index in [1.807, 2.05) is 35.2 Å². The number of unbranched alkanes of at least 4 members (excludes halogenated alkanes) is 1. The molecule has 5 nitrogen and oxygen atoms in total. The molecule has 0 aliphatic carbocycles. The lowest BCUT2D eigenvalue weighted by Crippen LogP contribution is -2.32. The van der Waals surface area contributed by atoms with Gasteiger partial charge < -0.3 is 4.90 Å². The molecule has 0 fully saturated rings. The lowest BCUT2D eigenvalue weighted by atomic mass is 10.2. The van der Waals surface area contributed by atoms with Crippen molar-refractivity contribution in [3.63, 3.8) is 0 Å². The highest BCUT2D eigenvalue weighted by Crippen LogP contribution is 2.24. The number of carbonyl (C=O) groups is 1. The van der Waals surface area contributed by atoms with Crippen LogP contribution in [0.1, 0.15) is 46.0 Å². The quantitative estimate of drug-likeness (QED) is 0.197. The first-order valence-electron chi connectivity index (χ1n) is 11.2. The Labute approximate surface area is 198 Å². The van der Waals surface area contributed by atoms with Crippen molar-refractivity contribution in [3.05, 3.63) is 63.9 Å². The van der Waals surface area contributed by atoms with Gasteiger partial charge in [0.05, 0.1) is 16.6 Å². The van der Waals surface area contributed by atoms with Crippen LogP contribution < -0.4 is 5.56 Å². The van der Waals surface area contributed by atoms with Crippen molar-refractivity contribution in [1.82, 2.24) is 14.5 Å². The normalized spacial score (nSPS) is 11.1. The van der Waals surface area contributed by atoms with Gasteiger partial charge in [-0.15, -0.1) is 0 Å². The molecule has 7 heteroatoms. The van der Waals surface area contributed by atoms with Gasteiger partial charge in [-0.3, -0.25) is 14.2 Å². The summed E-state index contributed by atoms with van der Waals surface area (Å²) in [5, 5.41) is 1.79. The number of halogens is 1. The minimum absolute atomic E-state index is 0.106. The highest BCUT2D eigenvalue weighted by molar-refractivity contribution is 7.99. The van der Waals surface area contributed by atoms with E-state index in [0.29, 0.717) is 33.2 Å². The molecular weight excluding hydrogens is 442 g/mol. The summed E-state index contributed by atoms with van der Waals surface area (Å²) in [6, 6.07) is 14.6. The van der Waals surface area contributed by atoms with Gasteiger partial charge in [0.15, 0.2) is 5.16 Å². The van der Waals surface area contributed by atoms with Gasteiger partial charge in [-0.05, 0) is 56.0 Å². The molecule has 0 spiro atoms. The standard InChI is InChI=1S/C25H30ClN3O2S/c1-3-15-28(16-4-2)23(30)14-7-8-17-32-25-27-22-13-6-5-12-21(22)24(31)29(25)20-11-9-10-19(26)18-20/h5-6,9-13,18H,3-4,7-8,14-17H2,1-2H3. The molecule has 3 aromatic rings. The van der Waals surface area contributed by atoms with Crippen LogP contribution in [0.3, 0.4) is 0 Å². The Kier molecular flexibility index (Phi) is 9.18. The Morgan fingerprint density at radius 1 is 1.06 bits per heavy atom. The van der Waals surface area contributed by atoms with Gasteiger partial charge in [0.25, 0.3) is 5.56 Å². The number of benzene rings is 2. The summed E-state index contributed by atoms with van der Waals surface area (Å²) in [6.07, 6.45) is 4.23. The lowest BCUT2D eigenvalue weighted by molar-refractivity contribution is -0.131. The van der Waals surface area contributed by atoms with Crippen molar-refractivity contribution in [1.29, 1.82) is 0 Å². The maximum absolute atomic E-state index is 13.3. The number of carbonyl (C=O) groups excluding carboxylic acids is 1. The predicted octanol–water partition coefficient (Wildman–Crippen LogP) is 5.95. The van der Waals surface area contributed by atoms with Crippen LogP contribution in [0.15, 0.2) is 58.5 Å². The molecule has 170 valence electrons. The Balaban J connectivity index is 1.72. The Morgan fingerprint density at radius 3 is 2.53 bits per heavy atom. The van der Waals surface area contributed by atoms with E-state index in [1.54, 1.807) is 34.5 Å². The van der Waals surface area contributed by atoms with E-state index >= 15 is 0 Å². The summed E-state index contributed by atoms with van der Waals surface area (Å²) in [5.41, 5.74) is 1.28. The number of rotatable bonds is 11. The Hall–Kier alpha value is -2.31. The number of nitrogens with zero attached hydrogens (tertiary/aromatic N) is 3. The van der Waals surface area contributed by atoms with Crippen molar-refractivity contribution < 1.29 is 4.79 Å². The minimum atomic E-state index is -0.106. The molecule has 0 bridgehead atoms. The van der Waals surface area contributed by atoms with Crippen LogP contribution in [0, 0.1) is 0 Å². The van der Waals surface area contributed by atoms with Crippen LogP contribution in [0.25, 0.3) is 16.6 Å². The minimum Gasteiger partial charge on any atom is -0.343 e. The van der Waals surface area contributed by atoms with Crippen LogP contribution in [0.2, 0.25) is 5.02 Å². The van der Waals surface area contributed by atoms with Gasteiger partial charge >= 0.3 is 0 Å². The molecule has 32 heavy (non-hydrogen) atoms. The zero-order chi connectivity index (χ0) is 22.9. The summed E-state index contributed by atoms with van der Waals surface area (Å²) in [5.74, 6) is 1.01. The van der Waals surface area contributed by atoms with Gasteiger partial charge in [-0.1, -0.05) is 55.4 Å². The molecule has 0 N–H and O–H groups in total. The highest BCUT2D eigenvalue weighted by atomic mass is 35.5. The van der Waals surface area contributed by atoms with Gasteiger partial charge in [0.1, 0.15) is 0 Å². The van der Waals surface area contributed by atoms with Crippen molar-refractivity contribution >= 4 is 40.2 Å². The van der Waals surface area contributed by atoms with Crippen molar-refractivity contribution in [2.45, 2.75) is 51.1 Å². The maximum Gasteiger partial charge on any atom is 0.266 e. The second-order valence-electron chi connectivity index (χ2n) is 7.72. The van der Waals surface area contributed by atoms with E-state index in [1.165, 1.54) is 0 Å². The number of para-hydroxylation sites is 1. The molecule has 0 saturated carbocycles.